The lowest BCUT2D eigenvalue weighted by Crippen LogP contribution is -2.36. The van der Waals surface area contributed by atoms with Crippen LogP contribution in [0, 0.1) is 5.82 Å². The highest BCUT2D eigenvalue weighted by atomic mass is 32.2. The summed E-state index contributed by atoms with van der Waals surface area (Å²) in [7, 11) is -1.85. The normalized spacial score (nSPS) is 12.9. The molecule has 1 aromatic carbocycles. The number of sulfone groups is 1. The monoisotopic (exact) mass is 438 g/mol. The van der Waals surface area contributed by atoms with Gasteiger partial charge in [-0.25, -0.2) is 17.8 Å². The third kappa shape index (κ3) is 6.75. The van der Waals surface area contributed by atoms with Crippen molar-refractivity contribution in [1.29, 1.82) is 0 Å². The van der Waals surface area contributed by atoms with E-state index >= 15 is 0 Å². The Morgan fingerprint density at radius 3 is 2.46 bits per heavy atom. The molecule has 0 spiro atoms. The Bertz CT molecular complexity index is 956. The number of aliphatic imine (C=N–C) groups is 1. The number of benzene rings is 1. The summed E-state index contributed by atoms with van der Waals surface area (Å²) in [5.41, 5.74) is -0.0778. The fourth-order valence-corrected chi connectivity index (χ4v) is 3.85. The van der Waals surface area contributed by atoms with Crippen LogP contribution >= 0.6 is 11.3 Å². The Morgan fingerprint density at radius 1 is 1.21 bits per heavy atom. The molecule has 1 aromatic heterocycles. The van der Waals surface area contributed by atoms with Crippen LogP contribution in [0.4, 0.5) is 17.6 Å². The van der Waals surface area contributed by atoms with Crippen LogP contribution in [0.5, 0.6) is 0 Å². The van der Waals surface area contributed by atoms with Crippen LogP contribution < -0.4 is 10.6 Å². The molecule has 0 unspecified atom stereocenters. The second-order valence-corrected chi connectivity index (χ2v) is 8.97. The third-order valence-corrected chi connectivity index (χ3v) is 5.19. The first kappa shape index (κ1) is 22.1. The molecule has 0 aliphatic rings. The lowest BCUT2D eigenvalue weighted by Gasteiger charge is -2.14. The molecule has 0 atom stereocenters. The van der Waals surface area contributed by atoms with Crippen LogP contribution in [0.25, 0.3) is 0 Å². The number of alkyl halides is 3. The first-order valence-corrected chi connectivity index (χ1v) is 10.8. The number of thiazole rings is 1. The van der Waals surface area contributed by atoms with Gasteiger partial charge in [0.25, 0.3) is 0 Å². The zero-order valence-corrected chi connectivity index (χ0v) is 16.6. The van der Waals surface area contributed by atoms with E-state index in [1.165, 1.54) is 25.2 Å². The van der Waals surface area contributed by atoms with E-state index in [4.69, 9.17) is 0 Å². The first-order chi connectivity index (χ1) is 13.0. The maximum Gasteiger partial charge on any atom is 0.434 e. The lowest BCUT2D eigenvalue weighted by atomic mass is 10.1. The fraction of sp³-hybridized carbons (Fsp3) is 0.375. The summed E-state index contributed by atoms with van der Waals surface area (Å²) in [5.74, 6) is -0.506. The van der Waals surface area contributed by atoms with Gasteiger partial charge in [-0.15, -0.1) is 11.3 Å². The Balaban J connectivity index is 2.01. The zero-order valence-electron chi connectivity index (χ0n) is 15.0. The summed E-state index contributed by atoms with van der Waals surface area (Å²) in [6.45, 7) is 0.0910. The lowest BCUT2D eigenvalue weighted by molar-refractivity contribution is -0.140. The predicted octanol–water partition coefficient (Wildman–Crippen LogP) is 2.71. The van der Waals surface area contributed by atoms with E-state index in [1.807, 2.05) is 0 Å². The highest BCUT2D eigenvalue weighted by Crippen LogP contribution is 2.29. The van der Waals surface area contributed by atoms with Crippen molar-refractivity contribution in [1.82, 2.24) is 15.6 Å². The number of nitrogens with zero attached hydrogens (tertiary/aromatic N) is 2. The zero-order chi connectivity index (χ0) is 20.9. The van der Waals surface area contributed by atoms with E-state index in [0.29, 0.717) is 11.1 Å². The molecule has 0 bridgehead atoms. The molecule has 0 aliphatic heterocycles. The molecule has 154 valence electrons. The van der Waals surface area contributed by atoms with Gasteiger partial charge in [-0.1, -0.05) is 6.07 Å². The van der Waals surface area contributed by atoms with Crippen LogP contribution in [-0.4, -0.2) is 32.7 Å². The van der Waals surface area contributed by atoms with Crippen LogP contribution in [-0.2, 0) is 34.9 Å². The third-order valence-electron chi connectivity index (χ3n) is 3.51. The molecule has 0 saturated carbocycles. The second-order valence-electron chi connectivity index (χ2n) is 5.89. The van der Waals surface area contributed by atoms with E-state index in [9.17, 15) is 26.0 Å². The Hall–Kier alpha value is -2.21. The average molecular weight is 438 g/mol. The average Bonchev–Trinajstić information content (AvgIpc) is 3.05. The summed E-state index contributed by atoms with van der Waals surface area (Å²) in [6, 6.07) is 3.80. The molecule has 0 fully saturated rings. The highest BCUT2D eigenvalue weighted by molar-refractivity contribution is 7.89. The summed E-state index contributed by atoms with van der Waals surface area (Å²) in [5, 5.41) is 6.84. The number of aromatic nitrogens is 1. The number of nitrogens with one attached hydrogen (secondary N) is 2. The number of hydrogen-bond donors (Lipinski definition) is 2. The number of halogens is 4. The molecule has 2 rings (SSSR count). The predicted molar refractivity (Wildman–Crippen MR) is 99.1 cm³/mol. The van der Waals surface area contributed by atoms with E-state index in [-0.39, 0.29) is 29.8 Å². The van der Waals surface area contributed by atoms with Gasteiger partial charge < -0.3 is 10.6 Å². The van der Waals surface area contributed by atoms with Crippen LogP contribution in [0.2, 0.25) is 0 Å². The molecule has 28 heavy (non-hydrogen) atoms. The van der Waals surface area contributed by atoms with Crippen molar-refractivity contribution in [3.05, 3.63) is 51.2 Å². The van der Waals surface area contributed by atoms with Crippen molar-refractivity contribution in [2.45, 2.75) is 25.0 Å². The van der Waals surface area contributed by atoms with Crippen molar-refractivity contribution in [2.75, 3.05) is 13.3 Å². The molecular formula is C16H18F4N4O2S2. The van der Waals surface area contributed by atoms with Gasteiger partial charge in [-0.05, 0) is 23.3 Å². The van der Waals surface area contributed by atoms with Gasteiger partial charge in [-0.2, -0.15) is 13.2 Å². The minimum absolute atomic E-state index is 0.0137. The van der Waals surface area contributed by atoms with Crippen molar-refractivity contribution in [3.8, 4) is 0 Å². The van der Waals surface area contributed by atoms with Gasteiger partial charge in [0, 0.05) is 25.2 Å². The topological polar surface area (TPSA) is 83.4 Å². The fourth-order valence-electron chi connectivity index (χ4n) is 2.26. The second kappa shape index (κ2) is 8.86. The Morgan fingerprint density at radius 2 is 1.89 bits per heavy atom. The molecule has 6 nitrogen and oxygen atoms in total. The van der Waals surface area contributed by atoms with E-state index in [0.717, 1.165) is 23.0 Å². The largest absolute Gasteiger partial charge is 0.434 e. The molecule has 0 saturated heterocycles. The molecule has 0 aliphatic carbocycles. The standard InChI is InChI=1S/C16H18F4N4O2S2/c1-21-15(23-7-14-24-13(8-27-14)16(18,19)20)22-6-11-5-12(17)4-3-10(11)9-28(2,25)26/h3-5,8H,6-7,9H2,1-2H3,(H2,21,22,23). The maximum atomic E-state index is 13.5. The van der Waals surface area contributed by atoms with E-state index in [2.05, 4.69) is 20.6 Å². The molecular weight excluding hydrogens is 420 g/mol. The number of hydrogen-bond acceptors (Lipinski definition) is 5. The van der Waals surface area contributed by atoms with Crippen molar-refractivity contribution < 1.29 is 26.0 Å². The minimum atomic E-state index is -4.50. The molecule has 0 radical (unpaired) electrons. The quantitative estimate of drug-likeness (QED) is 0.412. The van der Waals surface area contributed by atoms with Crippen LogP contribution in [0.1, 0.15) is 21.8 Å². The number of rotatable bonds is 6. The van der Waals surface area contributed by atoms with Gasteiger partial charge in [0.15, 0.2) is 21.5 Å². The Kier molecular flexibility index (Phi) is 6.99. The molecule has 2 N–H and O–H groups in total. The van der Waals surface area contributed by atoms with Gasteiger partial charge in [-0.3, -0.25) is 4.99 Å². The van der Waals surface area contributed by atoms with Crippen LogP contribution in [0.15, 0.2) is 28.6 Å². The van der Waals surface area contributed by atoms with Crippen molar-refractivity contribution >= 4 is 27.1 Å². The Labute approximate surface area is 163 Å². The maximum absolute atomic E-state index is 13.5. The number of guanidine groups is 1. The molecule has 1 heterocycles. The molecule has 0 amide bonds. The van der Waals surface area contributed by atoms with Crippen molar-refractivity contribution in [2.24, 2.45) is 4.99 Å². The first-order valence-electron chi connectivity index (χ1n) is 7.89. The smallest absolute Gasteiger partial charge is 0.352 e. The van der Waals surface area contributed by atoms with Crippen molar-refractivity contribution in [3.63, 3.8) is 0 Å². The van der Waals surface area contributed by atoms with E-state index in [1.54, 1.807) is 0 Å². The summed E-state index contributed by atoms with van der Waals surface area (Å²) in [6.07, 6.45) is -3.42. The summed E-state index contributed by atoms with van der Waals surface area (Å²) in [4.78, 5) is 7.44. The SMILES string of the molecule is CN=C(NCc1nc(C(F)(F)F)cs1)NCc1cc(F)ccc1CS(C)(=O)=O. The van der Waals surface area contributed by atoms with E-state index < -0.39 is 27.5 Å². The van der Waals surface area contributed by atoms with Crippen LogP contribution in [0.3, 0.4) is 0 Å². The molecule has 2 aromatic rings. The van der Waals surface area contributed by atoms with Gasteiger partial charge in [0.1, 0.15) is 10.8 Å². The highest BCUT2D eigenvalue weighted by Gasteiger charge is 2.33. The van der Waals surface area contributed by atoms with Gasteiger partial charge >= 0.3 is 6.18 Å². The van der Waals surface area contributed by atoms with Gasteiger partial charge in [0.05, 0.1) is 12.3 Å². The van der Waals surface area contributed by atoms with Gasteiger partial charge in [0.2, 0.25) is 0 Å². The molecule has 12 heteroatoms. The summed E-state index contributed by atoms with van der Waals surface area (Å²) >= 11 is 0.861. The minimum Gasteiger partial charge on any atom is -0.352 e. The summed E-state index contributed by atoms with van der Waals surface area (Å²) < 4.78 is 74.3.